The number of hydrogen-bond acceptors (Lipinski definition) is 4. The van der Waals surface area contributed by atoms with E-state index in [-0.39, 0.29) is 5.56 Å². The quantitative estimate of drug-likeness (QED) is 0.889. The second-order valence-electron chi connectivity index (χ2n) is 7.29. The molecule has 4 bridgehead atoms. The van der Waals surface area contributed by atoms with Crippen molar-refractivity contribution in [2.24, 2.45) is 23.2 Å². The molecule has 0 aliphatic heterocycles. The normalized spacial score (nSPS) is 33.7. The fourth-order valence-electron chi connectivity index (χ4n) is 5.00. The van der Waals surface area contributed by atoms with E-state index in [1.807, 2.05) is 0 Å². The van der Waals surface area contributed by atoms with Crippen LogP contribution in [0.25, 0.3) is 0 Å². The van der Waals surface area contributed by atoms with E-state index in [4.69, 9.17) is 5.11 Å². The molecule has 1 aromatic carbocycles. The summed E-state index contributed by atoms with van der Waals surface area (Å²) in [5, 5.41) is 30.2. The summed E-state index contributed by atoms with van der Waals surface area (Å²) < 4.78 is 0. The van der Waals surface area contributed by atoms with Crippen LogP contribution in [0.5, 0.6) is 5.75 Å². The highest BCUT2D eigenvalue weighted by Crippen LogP contribution is 2.59. The van der Waals surface area contributed by atoms with Gasteiger partial charge >= 0.3 is 5.97 Å². The van der Waals surface area contributed by atoms with Crippen molar-refractivity contribution in [1.29, 1.82) is 0 Å². The van der Waals surface area contributed by atoms with Crippen LogP contribution in [-0.4, -0.2) is 17.0 Å². The van der Waals surface area contributed by atoms with Crippen LogP contribution >= 0.6 is 0 Å². The minimum absolute atomic E-state index is 0.178. The first-order chi connectivity index (χ1) is 10.9. The van der Waals surface area contributed by atoms with Crippen LogP contribution < -0.4 is 10.2 Å². The highest BCUT2D eigenvalue weighted by Gasteiger charge is 2.51. The van der Waals surface area contributed by atoms with Crippen molar-refractivity contribution >= 4 is 11.9 Å². The molecule has 1 N–H and O–H groups in total. The lowest BCUT2D eigenvalue weighted by atomic mass is 9.49. The Hall–Kier alpha value is -2.04. The Morgan fingerprint density at radius 1 is 1.00 bits per heavy atom. The van der Waals surface area contributed by atoms with Gasteiger partial charge in [0.2, 0.25) is 0 Å². The van der Waals surface area contributed by atoms with Gasteiger partial charge in [-0.3, -0.25) is 0 Å². The van der Waals surface area contributed by atoms with Crippen molar-refractivity contribution in [3.8, 4) is 5.75 Å². The van der Waals surface area contributed by atoms with Gasteiger partial charge in [0.15, 0.2) is 0 Å². The lowest BCUT2D eigenvalue weighted by Crippen LogP contribution is -2.54. The third-order valence-corrected chi connectivity index (χ3v) is 5.59. The van der Waals surface area contributed by atoms with E-state index in [1.165, 1.54) is 43.5 Å². The molecule has 5 nitrogen and oxygen atoms in total. The van der Waals surface area contributed by atoms with E-state index in [0.29, 0.717) is 17.8 Å². The maximum atomic E-state index is 11.1. The number of carboxylic acids is 2. The molecule has 4 saturated carbocycles. The minimum Gasteiger partial charge on any atom is -0.872 e. The lowest BCUT2D eigenvalue weighted by Gasteiger charge is -2.57. The maximum absolute atomic E-state index is 11.1. The van der Waals surface area contributed by atoms with Crippen molar-refractivity contribution in [1.82, 2.24) is 0 Å². The predicted molar refractivity (Wildman–Crippen MR) is 78.5 cm³/mol. The molecule has 0 spiro atoms. The van der Waals surface area contributed by atoms with Gasteiger partial charge in [-0.05, 0) is 62.3 Å². The van der Waals surface area contributed by atoms with Crippen molar-refractivity contribution in [2.45, 2.75) is 38.5 Å². The second-order valence-corrected chi connectivity index (χ2v) is 7.29. The van der Waals surface area contributed by atoms with Crippen LogP contribution in [0, 0.1) is 23.2 Å². The first-order valence-corrected chi connectivity index (χ1v) is 8.10. The molecule has 5 rings (SSSR count). The molecular formula is C18H20O5-2. The molecule has 4 fully saturated rings. The largest absolute Gasteiger partial charge is 0.872 e. The Bertz CT molecular complexity index is 586. The number of hydrogen-bond donors (Lipinski definition) is 1. The van der Waals surface area contributed by atoms with Gasteiger partial charge < -0.3 is 20.1 Å². The third-order valence-electron chi connectivity index (χ3n) is 5.59. The second kappa shape index (κ2) is 5.87. The van der Waals surface area contributed by atoms with Gasteiger partial charge in [0, 0.05) is 11.4 Å². The molecule has 124 valence electrons. The summed E-state index contributed by atoms with van der Waals surface area (Å²) in [6.45, 7) is 0. The summed E-state index contributed by atoms with van der Waals surface area (Å²) in [5.74, 6) is -0.246. The first kappa shape index (κ1) is 15.8. The van der Waals surface area contributed by atoms with Crippen molar-refractivity contribution in [3.05, 3.63) is 29.8 Å². The van der Waals surface area contributed by atoms with Gasteiger partial charge in [-0.15, -0.1) is 0 Å². The van der Waals surface area contributed by atoms with E-state index in [0.717, 1.165) is 19.3 Å². The van der Waals surface area contributed by atoms with Crippen LogP contribution in [0.4, 0.5) is 0 Å². The standard InChI is InChI=1S/C11H16O2.C7H6O3/c12-10(13)11-4-7-1-8(5-11)3-9(2-7)6-11;8-6-4-2-1-3-5(6)7(9)10/h7-9H,1-6H2,(H,12,13);1-4,8H,(H,9,10)/p-2. The maximum Gasteiger partial charge on any atom is 0.335 e. The molecular weight excluding hydrogens is 296 g/mol. The summed E-state index contributed by atoms with van der Waals surface area (Å²) >= 11 is 0. The highest BCUT2D eigenvalue weighted by atomic mass is 16.4. The number of carboxylic acid groups (broad SMARTS) is 2. The molecule has 0 atom stereocenters. The molecule has 0 amide bonds. The summed E-state index contributed by atoms with van der Waals surface area (Å²) in [6, 6.07) is 5.54. The minimum atomic E-state index is -1.18. The summed E-state index contributed by atoms with van der Waals surface area (Å²) in [4.78, 5) is 21.4. The van der Waals surface area contributed by atoms with E-state index < -0.39 is 23.1 Å². The zero-order chi connectivity index (χ0) is 16.6. The number of carbonyl (C=O) groups is 2. The molecule has 0 saturated heterocycles. The number of para-hydroxylation sites is 1. The monoisotopic (exact) mass is 316 g/mol. The average molecular weight is 316 g/mol. The Morgan fingerprint density at radius 2 is 1.48 bits per heavy atom. The molecule has 1 aromatic rings. The molecule has 5 heteroatoms. The number of carbonyl (C=O) groups excluding carboxylic acids is 1. The topological polar surface area (TPSA) is 100 Å². The summed E-state index contributed by atoms with van der Waals surface area (Å²) in [6.07, 6.45) is 6.65. The fourth-order valence-corrected chi connectivity index (χ4v) is 5.00. The Kier molecular flexibility index (Phi) is 4.04. The van der Waals surface area contributed by atoms with Crippen LogP contribution in [0.2, 0.25) is 0 Å². The van der Waals surface area contributed by atoms with Gasteiger partial charge in [-0.1, -0.05) is 23.9 Å². The summed E-state index contributed by atoms with van der Waals surface area (Å²) in [7, 11) is 0. The molecule has 0 unspecified atom stereocenters. The van der Waals surface area contributed by atoms with Crippen LogP contribution in [-0.2, 0) is 4.79 Å². The molecule has 4 aliphatic rings. The highest BCUT2D eigenvalue weighted by molar-refractivity contribution is 5.90. The Balaban J connectivity index is 0.000000142. The van der Waals surface area contributed by atoms with E-state index >= 15 is 0 Å². The molecule has 4 aliphatic carbocycles. The van der Waals surface area contributed by atoms with Gasteiger partial charge in [0.1, 0.15) is 0 Å². The SMILES string of the molecule is O=C(O)c1ccccc1[O-].O=C([O-])C12CC3CC(CC(C3)C1)C2. The first-order valence-electron chi connectivity index (χ1n) is 8.10. The van der Waals surface area contributed by atoms with E-state index in [2.05, 4.69) is 0 Å². The van der Waals surface area contributed by atoms with Crippen LogP contribution in [0.15, 0.2) is 24.3 Å². The van der Waals surface area contributed by atoms with E-state index in [1.54, 1.807) is 0 Å². The third kappa shape index (κ3) is 3.05. The molecule has 0 aromatic heterocycles. The Labute approximate surface area is 135 Å². The van der Waals surface area contributed by atoms with Gasteiger partial charge in [-0.25, -0.2) is 4.79 Å². The summed E-state index contributed by atoms with van der Waals surface area (Å²) in [5.41, 5.74) is -0.572. The van der Waals surface area contributed by atoms with Crippen molar-refractivity contribution in [2.75, 3.05) is 0 Å². The number of aromatic carboxylic acids is 1. The number of rotatable bonds is 2. The zero-order valence-electron chi connectivity index (χ0n) is 12.9. The van der Waals surface area contributed by atoms with E-state index in [9.17, 15) is 19.8 Å². The molecule has 23 heavy (non-hydrogen) atoms. The lowest BCUT2D eigenvalue weighted by molar-refractivity contribution is -0.327. The van der Waals surface area contributed by atoms with Crippen LogP contribution in [0.1, 0.15) is 48.9 Å². The van der Waals surface area contributed by atoms with Crippen LogP contribution in [0.3, 0.4) is 0 Å². The van der Waals surface area contributed by atoms with Crippen molar-refractivity contribution in [3.63, 3.8) is 0 Å². The average Bonchev–Trinajstić information content (AvgIpc) is 2.46. The number of benzene rings is 1. The fraction of sp³-hybridized carbons (Fsp3) is 0.556. The zero-order valence-corrected chi connectivity index (χ0v) is 12.9. The Morgan fingerprint density at radius 3 is 1.83 bits per heavy atom. The van der Waals surface area contributed by atoms with Gasteiger partial charge in [-0.2, -0.15) is 0 Å². The molecule has 0 radical (unpaired) electrons. The van der Waals surface area contributed by atoms with Gasteiger partial charge in [0.05, 0.1) is 5.56 Å². The van der Waals surface area contributed by atoms with Crippen molar-refractivity contribution < 1.29 is 24.9 Å². The van der Waals surface area contributed by atoms with Gasteiger partial charge in [0.25, 0.3) is 0 Å². The predicted octanol–water partition coefficient (Wildman–Crippen LogP) is 1.41. The smallest absolute Gasteiger partial charge is 0.335 e. The molecule has 0 heterocycles. The number of aliphatic carboxylic acids is 1.